The summed E-state index contributed by atoms with van der Waals surface area (Å²) in [7, 11) is 0. The minimum atomic E-state index is 0.270. The Morgan fingerprint density at radius 3 is 2.61 bits per heavy atom. The van der Waals surface area contributed by atoms with Crippen LogP contribution in [0.3, 0.4) is 0 Å². The van der Waals surface area contributed by atoms with Crippen molar-refractivity contribution in [1.82, 2.24) is 14.6 Å². The van der Waals surface area contributed by atoms with Gasteiger partial charge in [0.15, 0.2) is 11.4 Å². The van der Waals surface area contributed by atoms with Crippen molar-refractivity contribution in [2.24, 2.45) is 11.3 Å². The largest absolute Gasteiger partial charge is 0.463 e. The molecule has 28 heavy (non-hydrogen) atoms. The zero-order valence-corrected chi connectivity index (χ0v) is 16.6. The molecule has 4 heteroatoms. The van der Waals surface area contributed by atoms with Crippen LogP contribution in [-0.4, -0.2) is 14.6 Å². The molecule has 1 atom stereocenters. The van der Waals surface area contributed by atoms with E-state index in [4.69, 9.17) is 14.5 Å². The lowest BCUT2D eigenvalue weighted by Crippen LogP contribution is -2.29. The van der Waals surface area contributed by atoms with Crippen LogP contribution in [0.4, 0.5) is 0 Å². The van der Waals surface area contributed by atoms with E-state index in [1.807, 2.05) is 24.4 Å². The van der Waals surface area contributed by atoms with Gasteiger partial charge in [-0.15, -0.1) is 0 Å². The number of aromatic nitrogens is 3. The molecule has 1 aliphatic rings. The Balaban J connectivity index is 1.75. The van der Waals surface area contributed by atoms with Gasteiger partial charge in [-0.2, -0.15) is 5.10 Å². The summed E-state index contributed by atoms with van der Waals surface area (Å²) >= 11 is 0. The van der Waals surface area contributed by atoms with Gasteiger partial charge in [0.25, 0.3) is 0 Å². The molecule has 4 aromatic rings. The average molecular weight is 371 g/mol. The number of fused-ring (bicyclic) bond motifs is 3. The first kappa shape index (κ1) is 17.2. The maximum atomic E-state index is 5.79. The van der Waals surface area contributed by atoms with E-state index in [1.165, 1.54) is 17.7 Å². The normalized spacial score (nSPS) is 17.0. The van der Waals surface area contributed by atoms with Crippen LogP contribution < -0.4 is 0 Å². The predicted octanol–water partition coefficient (Wildman–Crippen LogP) is 5.81. The number of aryl methyl sites for hydroxylation is 1. The zero-order chi connectivity index (χ0) is 19.3. The first-order valence-corrected chi connectivity index (χ1v) is 10.0. The number of furan rings is 1. The molecule has 0 aliphatic heterocycles. The van der Waals surface area contributed by atoms with Gasteiger partial charge in [0.05, 0.1) is 12.5 Å². The third-order valence-corrected chi connectivity index (χ3v) is 6.10. The highest BCUT2D eigenvalue weighted by molar-refractivity contribution is 5.79. The molecule has 142 valence electrons. The summed E-state index contributed by atoms with van der Waals surface area (Å²) in [6.45, 7) is 7.01. The van der Waals surface area contributed by atoms with Gasteiger partial charge >= 0.3 is 0 Å². The van der Waals surface area contributed by atoms with Gasteiger partial charge in [-0.25, -0.2) is 9.50 Å². The maximum Gasteiger partial charge on any atom is 0.163 e. The number of hydrogen-bond acceptors (Lipinski definition) is 3. The van der Waals surface area contributed by atoms with Crippen LogP contribution in [0.15, 0.2) is 59.3 Å². The molecule has 1 unspecified atom stereocenters. The number of rotatable bonds is 2. The molecule has 0 amide bonds. The van der Waals surface area contributed by atoms with E-state index in [0.717, 1.165) is 41.1 Å². The van der Waals surface area contributed by atoms with Crippen LogP contribution >= 0.6 is 0 Å². The van der Waals surface area contributed by atoms with E-state index in [2.05, 4.69) is 49.6 Å². The van der Waals surface area contributed by atoms with Gasteiger partial charge < -0.3 is 4.42 Å². The summed E-state index contributed by atoms with van der Waals surface area (Å²) in [6, 6.07) is 14.3. The Morgan fingerprint density at radius 2 is 1.89 bits per heavy atom. The lowest BCUT2D eigenvalue weighted by molar-refractivity contribution is 0.214. The maximum absolute atomic E-state index is 5.79. The van der Waals surface area contributed by atoms with Gasteiger partial charge in [0.2, 0.25) is 0 Å². The Hall–Kier alpha value is -2.88. The van der Waals surface area contributed by atoms with Crippen molar-refractivity contribution in [1.29, 1.82) is 0 Å². The molecule has 1 aromatic carbocycles. The van der Waals surface area contributed by atoms with Crippen molar-refractivity contribution in [3.05, 3.63) is 66.2 Å². The van der Waals surface area contributed by atoms with Crippen LogP contribution in [0.2, 0.25) is 0 Å². The quantitative estimate of drug-likeness (QED) is 0.447. The second kappa shape index (κ2) is 6.33. The van der Waals surface area contributed by atoms with Crippen molar-refractivity contribution in [3.8, 4) is 22.6 Å². The van der Waals surface area contributed by atoms with E-state index in [1.54, 1.807) is 6.26 Å². The van der Waals surface area contributed by atoms with Crippen LogP contribution in [0.1, 0.15) is 38.4 Å². The summed E-state index contributed by atoms with van der Waals surface area (Å²) < 4.78 is 7.84. The standard InChI is InChI=1S/C24H25N3O/c1-24(2,3)17-11-12-20-18(14-17)22(21-10-7-13-28-21)26-23-19(15-25-27(20)23)16-8-5-4-6-9-16/h4-10,13,15,17H,11-12,14H2,1-3H3. The SMILES string of the molecule is CC(C)(C)C1CCc2c(c(-c3ccco3)nc3c(-c4ccccc4)cnn23)C1. The summed E-state index contributed by atoms with van der Waals surface area (Å²) in [6.07, 6.45) is 6.87. The highest BCUT2D eigenvalue weighted by Crippen LogP contribution is 2.41. The van der Waals surface area contributed by atoms with E-state index in [-0.39, 0.29) is 5.41 Å². The molecule has 0 radical (unpaired) electrons. The molecule has 3 heterocycles. The van der Waals surface area contributed by atoms with E-state index in [0.29, 0.717) is 5.92 Å². The van der Waals surface area contributed by atoms with Gasteiger partial charge in [-0.05, 0) is 48.3 Å². The fourth-order valence-corrected chi connectivity index (χ4v) is 4.39. The molecule has 0 spiro atoms. The topological polar surface area (TPSA) is 43.3 Å². The first-order chi connectivity index (χ1) is 13.5. The van der Waals surface area contributed by atoms with Crippen molar-refractivity contribution < 1.29 is 4.42 Å². The number of nitrogens with zero attached hydrogens (tertiary/aromatic N) is 3. The summed E-state index contributed by atoms with van der Waals surface area (Å²) in [5.41, 5.74) is 6.92. The van der Waals surface area contributed by atoms with Crippen molar-refractivity contribution in [2.75, 3.05) is 0 Å². The third-order valence-electron chi connectivity index (χ3n) is 6.10. The zero-order valence-electron chi connectivity index (χ0n) is 16.6. The van der Waals surface area contributed by atoms with Crippen LogP contribution in [0.25, 0.3) is 28.2 Å². The molecule has 0 saturated heterocycles. The Bertz CT molecular complexity index is 1120. The Morgan fingerprint density at radius 1 is 1.07 bits per heavy atom. The van der Waals surface area contributed by atoms with Crippen molar-refractivity contribution >= 4 is 5.65 Å². The van der Waals surface area contributed by atoms with Crippen molar-refractivity contribution in [2.45, 2.75) is 40.0 Å². The molecule has 0 N–H and O–H groups in total. The van der Waals surface area contributed by atoms with E-state index < -0.39 is 0 Å². The molecule has 4 nitrogen and oxygen atoms in total. The van der Waals surface area contributed by atoms with Gasteiger partial charge in [0.1, 0.15) is 5.69 Å². The lowest BCUT2D eigenvalue weighted by atomic mass is 9.71. The molecule has 1 aliphatic carbocycles. The number of hydrogen-bond donors (Lipinski definition) is 0. The molecular formula is C24H25N3O. The fourth-order valence-electron chi connectivity index (χ4n) is 4.39. The van der Waals surface area contributed by atoms with Crippen LogP contribution in [0.5, 0.6) is 0 Å². The fraction of sp³-hybridized carbons (Fsp3) is 0.333. The van der Waals surface area contributed by atoms with E-state index >= 15 is 0 Å². The summed E-state index contributed by atoms with van der Waals surface area (Å²) in [5.74, 6) is 1.46. The first-order valence-electron chi connectivity index (χ1n) is 10.0. The van der Waals surface area contributed by atoms with E-state index in [9.17, 15) is 0 Å². The van der Waals surface area contributed by atoms with Gasteiger partial charge in [-0.3, -0.25) is 0 Å². The average Bonchev–Trinajstić information content (AvgIpc) is 3.37. The third kappa shape index (κ3) is 2.75. The summed E-state index contributed by atoms with van der Waals surface area (Å²) in [5, 5.41) is 4.74. The van der Waals surface area contributed by atoms with Gasteiger partial charge in [0, 0.05) is 16.8 Å². The van der Waals surface area contributed by atoms with Crippen molar-refractivity contribution in [3.63, 3.8) is 0 Å². The Kier molecular flexibility index (Phi) is 3.90. The molecule has 5 rings (SSSR count). The monoisotopic (exact) mass is 371 g/mol. The second-order valence-corrected chi connectivity index (χ2v) is 8.83. The molecule has 0 saturated carbocycles. The molecular weight excluding hydrogens is 346 g/mol. The van der Waals surface area contributed by atoms with Crippen LogP contribution in [-0.2, 0) is 12.8 Å². The minimum absolute atomic E-state index is 0.270. The lowest BCUT2D eigenvalue weighted by Gasteiger charge is -2.35. The highest BCUT2D eigenvalue weighted by atomic mass is 16.3. The number of benzene rings is 1. The molecule has 0 fully saturated rings. The smallest absolute Gasteiger partial charge is 0.163 e. The summed E-state index contributed by atoms with van der Waals surface area (Å²) in [4.78, 5) is 5.09. The highest BCUT2D eigenvalue weighted by Gasteiger charge is 2.33. The van der Waals surface area contributed by atoms with Crippen LogP contribution in [0, 0.1) is 11.3 Å². The second-order valence-electron chi connectivity index (χ2n) is 8.83. The Labute approximate surface area is 165 Å². The predicted molar refractivity (Wildman–Crippen MR) is 111 cm³/mol. The van der Waals surface area contributed by atoms with Gasteiger partial charge in [-0.1, -0.05) is 51.1 Å². The minimum Gasteiger partial charge on any atom is -0.463 e. The molecule has 3 aromatic heterocycles. The molecule has 0 bridgehead atoms.